The molecule has 0 spiro atoms. The Hall–Kier alpha value is -0.470. The lowest BCUT2D eigenvalue weighted by molar-refractivity contribution is 0.175. The molecular formula is C13H18OS. The second kappa shape index (κ2) is 5.04. The number of hydrogen-bond acceptors (Lipinski definition) is 2. The van der Waals surface area contributed by atoms with Crippen LogP contribution in [0.2, 0.25) is 0 Å². The standard InChI is InChI=1S/C13H18OS/c1-2-15-9-12(14)8-11-7-10-5-3-4-6-13(10)11/h3-6,11-12,14H,2,7-9H2,1H3. The lowest BCUT2D eigenvalue weighted by Gasteiger charge is -2.31. The summed E-state index contributed by atoms with van der Waals surface area (Å²) in [7, 11) is 0. The van der Waals surface area contributed by atoms with Gasteiger partial charge in [-0.3, -0.25) is 0 Å². The van der Waals surface area contributed by atoms with Gasteiger partial charge in [0.1, 0.15) is 0 Å². The Balaban J connectivity index is 1.84. The monoisotopic (exact) mass is 222 g/mol. The van der Waals surface area contributed by atoms with Gasteiger partial charge >= 0.3 is 0 Å². The number of hydrogen-bond donors (Lipinski definition) is 1. The van der Waals surface area contributed by atoms with E-state index in [0.29, 0.717) is 5.92 Å². The molecular weight excluding hydrogens is 204 g/mol. The number of rotatable bonds is 5. The van der Waals surface area contributed by atoms with Gasteiger partial charge in [0.15, 0.2) is 0 Å². The fourth-order valence-corrected chi connectivity index (χ4v) is 2.87. The molecule has 0 saturated heterocycles. The van der Waals surface area contributed by atoms with Crippen LogP contribution in [-0.4, -0.2) is 22.7 Å². The van der Waals surface area contributed by atoms with Gasteiger partial charge in [-0.2, -0.15) is 11.8 Å². The summed E-state index contributed by atoms with van der Waals surface area (Å²) in [6, 6.07) is 8.58. The lowest BCUT2D eigenvalue weighted by atomic mass is 9.75. The lowest BCUT2D eigenvalue weighted by Crippen LogP contribution is -2.23. The van der Waals surface area contributed by atoms with E-state index in [4.69, 9.17) is 0 Å². The Morgan fingerprint density at radius 3 is 3.00 bits per heavy atom. The van der Waals surface area contributed by atoms with Crippen LogP contribution in [0.15, 0.2) is 24.3 Å². The maximum Gasteiger partial charge on any atom is 0.0636 e. The van der Waals surface area contributed by atoms with E-state index in [1.54, 1.807) is 0 Å². The van der Waals surface area contributed by atoms with Crippen LogP contribution in [0.3, 0.4) is 0 Å². The molecule has 0 saturated carbocycles. The fraction of sp³-hybridized carbons (Fsp3) is 0.538. The summed E-state index contributed by atoms with van der Waals surface area (Å²) in [6.07, 6.45) is 1.96. The van der Waals surface area contributed by atoms with Crippen molar-refractivity contribution >= 4 is 11.8 Å². The Morgan fingerprint density at radius 1 is 1.47 bits per heavy atom. The second-order valence-corrected chi connectivity index (χ2v) is 5.47. The molecule has 1 aliphatic carbocycles. The predicted molar refractivity (Wildman–Crippen MR) is 66.5 cm³/mol. The number of thioether (sulfide) groups is 1. The quantitative estimate of drug-likeness (QED) is 0.826. The van der Waals surface area contributed by atoms with E-state index in [9.17, 15) is 5.11 Å². The molecule has 82 valence electrons. The van der Waals surface area contributed by atoms with Gasteiger partial charge in [0.05, 0.1) is 6.10 Å². The third-order valence-corrected chi connectivity index (χ3v) is 4.06. The molecule has 2 heteroatoms. The highest BCUT2D eigenvalue weighted by Gasteiger charge is 2.27. The van der Waals surface area contributed by atoms with E-state index < -0.39 is 0 Å². The van der Waals surface area contributed by atoms with Crippen molar-refractivity contribution in [1.82, 2.24) is 0 Å². The average molecular weight is 222 g/mol. The molecule has 0 fully saturated rings. The SMILES string of the molecule is CCSCC(O)CC1Cc2ccccc21. The van der Waals surface area contributed by atoms with Gasteiger partial charge in [-0.25, -0.2) is 0 Å². The zero-order chi connectivity index (χ0) is 10.7. The van der Waals surface area contributed by atoms with Crippen molar-refractivity contribution in [2.24, 2.45) is 0 Å². The van der Waals surface area contributed by atoms with Crippen LogP contribution in [0.5, 0.6) is 0 Å². The first-order chi connectivity index (χ1) is 7.31. The Labute approximate surface area is 95.9 Å². The first kappa shape index (κ1) is 11.0. The van der Waals surface area contributed by atoms with Crippen LogP contribution >= 0.6 is 11.8 Å². The van der Waals surface area contributed by atoms with E-state index in [2.05, 4.69) is 31.2 Å². The summed E-state index contributed by atoms with van der Waals surface area (Å²) >= 11 is 1.82. The van der Waals surface area contributed by atoms with Crippen molar-refractivity contribution in [2.75, 3.05) is 11.5 Å². The summed E-state index contributed by atoms with van der Waals surface area (Å²) < 4.78 is 0. The van der Waals surface area contributed by atoms with Crippen molar-refractivity contribution in [3.8, 4) is 0 Å². The average Bonchev–Trinajstić information content (AvgIpc) is 2.23. The van der Waals surface area contributed by atoms with Crippen LogP contribution in [0.4, 0.5) is 0 Å². The van der Waals surface area contributed by atoms with Crippen molar-refractivity contribution in [1.29, 1.82) is 0 Å². The largest absolute Gasteiger partial charge is 0.392 e. The molecule has 1 nitrogen and oxygen atoms in total. The third kappa shape index (κ3) is 2.56. The van der Waals surface area contributed by atoms with Gasteiger partial charge in [0.25, 0.3) is 0 Å². The van der Waals surface area contributed by atoms with Gasteiger partial charge in [-0.15, -0.1) is 0 Å². The summed E-state index contributed by atoms with van der Waals surface area (Å²) in [5.41, 5.74) is 2.93. The van der Waals surface area contributed by atoms with Crippen molar-refractivity contribution < 1.29 is 5.11 Å². The summed E-state index contributed by atoms with van der Waals surface area (Å²) in [6.45, 7) is 2.13. The van der Waals surface area contributed by atoms with Gasteiger partial charge in [-0.05, 0) is 35.6 Å². The van der Waals surface area contributed by atoms with Gasteiger partial charge in [0.2, 0.25) is 0 Å². The second-order valence-electron chi connectivity index (χ2n) is 4.15. The maximum absolute atomic E-state index is 9.82. The smallest absolute Gasteiger partial charge is 0.0636 e. The van der Waals surface area contributed by atoms with Crippen LogP contribution < -0.4 is 0 Å². The van der Waals surface area contributed by atoms with E-state index in [-0.39, 0.29) is 6.10 Å². The summed E-state index contributed by atoms with van der Waals surface area (Å²) in [5.74, 6) is 2.58. The molecule has 15 heavy (non-hydrogen) atoms. The van der Waals surface area contributed by atoms with E-state index >= 15 is 0 Å². The molecule has 0 bridgehead atoms. The van der Waals surface area contributed by atoms with Crippen LogP contribution in [0.1, 0.15) is 30.4 Å². The normalized spacial score (nSPS) is 20.5. The van der Waals surface area contributed by atoms with Gasteiger partial charge < -0.3 is 5.11 Å². The minimum Gasteiger partial charge on any atom is -0.392 e. The molecule has 1 N–H and O–H groups in total. The molecule has 2 atom stereocenters. The highest BCUT2D eigenvalue weighted by atomic mass is 32.2. The molecule has 1 aliphatic rings. The third-order valence-electron chi connectivity index (χ3n) is 3.03. The van der Waals surface area contributed by atoms with E-state index in [1.165, 1.54) is 11.1 Å². The van der Waals surface area contributed by atoms with E-state index in [0.717, 1.165) is 24.3 Å². The van der Waals surface area contributed by atoms with Crippen LogP contribution in [-0.2, 0) is 6.42 Å². The predicted octanol–water partition coefficient (Wildman–Crippen LogP) is 2.83. The minimum absolute atomic E-state index is 0.131. The minimum atomic E-state index is -0.131. The number of benzene rings is 1. The van der Waals surface area contributed by atoms with Crippen molar-refractivity contribution in [3.63, 3.8) is 0 Å². The van der Waals surface area contributed by atoms with Crippen molar-refractivity contribution in [3.05, 3.63) is 35.4 Å². The number of aliphatic hydroxyl groups is 1. The fourth-order valence-electron chi connectivity index (χ4n) is 2.22. The van der Waals surface area contributed by atoms with Crippen LogP contribution in [0, 0.1) is 0 Å². The highest BCUT2D eigenvalue weighted by molar-refractivity contribution is 7.99. The molecule has 0 aromatic heterocycles. The molecule has 0 radical (unpaired) electrons. The number of aliphatic hydroxyl groups excluding tert-OH is 1. The summed E-state index contributed by atoms with van der Waals surface area (Å²) in [5, 5.41) is 9.82. The van der Waals surface area contributed by atoms with Crippen molar-refractivity contribution in [2.45, 2.75) is 31.8 Å². The highest BCUT2D eigenvalue weighted by Crippen LogP contribution is 2.38. The summed E-state index contributed by atoms with van der Waals surface area (Å²) in [4.78, 5) is 0. The van der Waals surface area contributed by atoms with Gasteiger partial charge in [-0.1, -0.05) is 31.2 Å². The molecule has 1 aromatic carbocycles. The number of fused-ring (bicyclic) bond motifs is 1. The maximum atomic E-state index is 9.82. The van der Waals surface area contributed by atoms with Crippen LogP contribution in [0.25, 0.3) is 0 Å². The molecule has 0 amide bonds. The molecule has 2 unspecified atom stereocenters. The van der Waals surface area contributed by atoms with Gasteiger partial charge in [0, 0.05) is 5.75 Å². The molecule has 0 aliphatic heterocycles. The molecule has 2 rings (SSSR count). The Bertz CT molecular complexity index is 324. The first-order valence-electron chi connectivity index (χ1n) is 5.65. The Morgan fingerprint density at radius 2 is 2.27 bits per heavy atom. The molecule has 1 aromatic rings. The van der Waals surface area contributed by atoms with E-state index in [1.807, 2.05) is 11.8 Å². The Kier molecular flexibility index (Phi) is 3.71. The topological polar surface area (TPSA) is 20.2 Å². The zero-order valence-electron chi connectivity index (χ0n) is 9.15. The molecule has 0 heterocycles. The zero-order valence-corrected chi connectivity index (χ0v) is 9.96. The first-order valence-corrected chi connectivity index (χ1v) is 6.80.